The van der Waals surface area contributed by atoms with Crippen LogP contribution in [0.5, 0.6) is 0 Å². The molecule has 0 radical (unpaired) electrons. The predicted molar refractivity (Wildman–Crippen MR) is 93.2 cm³/mol. The summed E-state index contributed by atoms with van der Waals surface area (Å²) in [5.41, 5.74) is 0. The molecule has 2 rings (SSSR count). The Labute approximate surface area is 144 Å². The molecule has 22 heavy (non-hydrogen) atoms. The first kappa shape index (κ1) is 17.5. The van der Waals surface area contributed by atoms with Gasteiger partial charge < -0.3 is 10.2 Å². The van der Waals surface area contributed by atoms with Gasteiger partial charge in [-0.05, 0) is 54.8 Å². The van der Waals surface area contributed by atoms with Crippen molar-refractivity contribution >= 4 is 39.1 Å². The zero-order valence-corrected chi connectivity index (χ0v) is 15.5. The van der Waals surface area contributed by atoms with E-state index in [2.05, 4.69) is 21.2 Å². The fourth-order valence-corrected chi connectivity index (χ4v) is 4.29. The van der Waals surface area contributed by atoms with Crippen LogP contribution in [0, 0.1) is 0 Å². The fraction of sp³-hybridized carbons (Fsp3) is 0.625. The molecule has 1 aliphatic carbocycles. The van der Waals surface area contributed by atoms with Gasteiger partial charge in [-0.2, -0.15) is 0 Å². The number of likely N-dealkylation sites (N-methyl/N-ethyl adjacent to an activating group) is 1. The highest BCUT2D eigenvalue weighted by Crippen LogP contribution is 2.24. The van der Waals surface area contributed by atoms with Gasteiger partial charge in [0.25, 0.3) is 5.91 Å². The molecule has 1 atom stereocenters. The Morgan fingerprint density at radius 3 is 2.59 bits per heavy atom. The number of hydrogen-bond donors (Lipinski definition) is 1. The van der Waals surface area contributed by atoms with Gasteiger partial charge in [-0.1, -0.05) is 19.3 Å². The monoisotopic (exact) mass is 386 g/mol. The number of amides is 2. The van der Waals surface area contributed by atoms with Gasteiger partial charge in [0.2, 0.25) is 5.91 Å². The predicted octanol–water partition coefficient (Wildman–Crippen LogP) is 3.81. The van der Waals surface area contributed by atoms with E-state index in [1.165, 1.54) is 30.6 Å². The molecular weight excluding hydrogens is 364 g/mol. The number of rotatable bonds is 5. The highest BCUT2D eigenvalue weighted by molar-refractivity contribution is 9.11. The van der Waals surface area contributed by atoms with Crippen molar-refractivity contribution in [3.63, 3.8) is 0 Å². The molecule has 122 valence electrons. The Kier molecular flexibility index (Phi) is 6.44. The van der Waals surface area contributed by atoms with Crippen molar-refractivity contribution in [2.45, 2.75) is 58.0 Å². The van der Waals surface area contributed by atoms with Crippen LogP contribution in [0.25, 0.3) is 0 Å². The van der Waals surface area contributed by atoms with Gasteiger partial charge in [0.1, 0.15) is 6.04 Å². The molecule has 1 N–H and O–H groups in total. The third-order valence-corrected chi connectivity index (χ3v) is 5.78. The smallest absolute Gasteiger partial charge is 0.262 e. The van der Waals surface area contributed by atoms with Gasteiger partial charge in [0.05, 0.1) is 8.66 Å². The normalized spacial score (nSPS) is 17.0. The number of hydrogen-bond acceptors (Lipinski definition) is 3. The van der Waals surface area contributed by atoms with E-state index in [-0.39, 0.29) is 11.8 Å². The second-order valence-corrected chi connectivity index (χ2v) is 8.18. The minimum absolute atomic E-state index is 0.0263. The summed E-state index contributed by atoms with van der Waals surface area (Å²) >= 11 is 4.72. The van der Waals surface area contributed by atoms with E-state index in [0.29, 0.717) is 17.5 Å². The van der Waals surface area contributed by atoms with Crippen LogP contribution in [-0.4, -0.2) is 35.3 Å². The zero-order chi connectivity index (χ0) is 16.1. The highest BCUT2D eigenvalue weighted by Gasteiger charge is 2.28. The average Bonchev–Trinajstić information content (AvgIpc) is 2.95. The number of thiophene rings is 1. The van der Waals surface area contributed by atoms with Crippen molar-refractivity contribution in [3.8, 4) is 0 Å². The quantitative estimate of drug-likeness (QED) is 0.835. The van der Waals surface area contributed by atoms with E-state index in [4.69, 9.17) is 0 Å². The zero-order valence-electron chi connectivity index (χ0n) is 13.1. The Morgan fingerprint density at radius 1 is 1.36 bits per heavy atom. The van der Waals surface area contributed by atoms with Gasteiger partial charge >= 0.3 is 0 Å². The lowest BCUT2D eigenvalue weighted by atomic mass is 9.94. The molecule has 0 saturated heterocycles. The summed E-state index contributed by atoms with van der Waals surface area (Å²) < 4.78 is 0.911. The first-order chi connectivity index (χ1) is 10.5. The second kappa shape index (κ2) is 8.11. The molecule has 1 saturated carbocycles. The third-order valence-electron chi connectivity index (χ3n) is 4.15. The maximum atomic E-state index is 12.7. The molecule has 1 unspecified atom stereocenters. The molecule has 4 nitrogen and oxygen atoms in total. The standard InChI is InChI=1S/C16H23BrN2O2S/c1-3-19(12-7-5-4-6-8-12)16(21)11(2)18-15(20)13-9-10-14(17)22-13/h9-12H,3-8H2,1-2H3,(H,18,20). The second-order valence-electron chi connectivity index (χ2n) is 5.71. The Balaban J connectivity index is 1.96. The van der Waals surface area contributed by atoms with Crippen molar-refractivity contribution in [2.24, 2.45) is 0 Å². The van der Waals surface area contributed by atoms with Crippen molar-refractivity contribution < 1.29 is 9.59 Å². The number of carbonyl (C=O) groups is 2. The Bertz CT molecular complexity index is 526. The number of carbonyl (C=O) groups excluding carboxylic acids is 2. The lowest BCUT2D eigenvalue weighted by Gasteiger charge is -2.35. The summed E-state index contributed by atoms with van der Waals surface area (Å²) in [5.74, 6) is -0.158. The lowest BCUT2D eigenvalue weighted by Crippen LogP contribution is -2.50. The van der Waals surface area contributed by atoms with Crippen molar-refractivity contribution in [1.82, 2.24) is 10.2 Å². The number of nitrogens with one attached hydrogen (secondary N) is 1. The largest absolute Gasteiger partial charge is 0.340 e. The van der Waals surface area contributed by atoms with Crippen LogP contribution in [0.2, 0.25) is 0 Å². The molecule has 1 fully saturated rings. The van der Waals surface area contributed by atoms with Crippen LogP contribution >= 0.6 is 27.3 Å². The van der Waals surface area contributed by atoms with Crippen LogP contribution in [0.3, 0.4) is 0 Å². The molecule has 0 bridgehead atoms. The molecule has 1 heterocycles. The Hall–Kier alpha value is -0.880. The topological polar surface area (TPSA) is 49.4 Å². The van der Waals surface area contributed by atoms with Crippen LogP contribution in [0.4, 0.5) is 0 Å². The first-order valence-electron chi connectivity index (χ1n) is 7.89. The molecule has 2 amide bonds. The molecular formula is C16H23BrN2O2S. The van der Waals surface area contributed by atoms with Crippen LogP contribution in [0.15, 0.2) is 15.9 Å². The van der Waals surface area contributed by atoms with E-state index in [1.807, 2.05) is 17.9 Å². The first-order valence-corrected chi connectivity index (χ1v) is 9.50. The molecule has 1 aliphatic rings. The van der Waals surface area contributed by atoms with Crippen LogP contribution in [-0.2, 0) is 4.79 Å². The summed E-state index contributed by atoms with van der Waals surface area (Å²) in [6, 6.07) is 3.45. The van der Waals surface area contributed by atoms with Crippen molar-refractivity contribution in [2.75, 3.05) is 6.54 Å². The number of nitrogens with zero attached hydrogens (tertiary/aromatic N) is 1. The average molecular weight is 387 g/mol. The van der Waals surface area contributed by atoms with Gasteiger partial charge in [0.15, 0.2) is 0 Å². The van der Waals surface area contributed by atoms with E-state index in [0.717, 1.165) is 16.6 Å². The minimum Gasteiger partial charge on any atom is -0.340 e. The van der Waals surface area contributed by atoms with E-state index in [1.54, 1.807) is 13.0 Å². The van der Waals surface area contributed by atoms with Crippen LogP contribution in [0.1, 0.15) is 55.6 Å². The summed E-state index contributed by atoms with van der Waals surface area (Å²) in [5, 5.41) is 2.82. The fourth-order valence-electron chi connectivity index (χ4n) is 3.00. The van der Waals surface area contributed by atoms with Gasteiger partial charge in [-0.25, -0.2) is 0 Å². The van der Waals surface area contributed by atoms with E-state index < -0.39 is 6.04 Å². The van der Waals surface area contributed by atoms with Gasteiger partial charge in [-0.15, -0.1) is 11.3 Å². The third kappa shape index (κ3) is 4.32. The summed E-state index contributed by atoms with van der Waals surface area (Å²) in [6.07, 6.45) is 5.81. The summed E-state index contributed by atoms with van der Waals surface area (Å²) in [6.45, 7) is 4.49. The van der Waals surface area contributed by atoms with Crippen molar-refractivity contribution in [1.29, 1.82) is 0 Å². The SMILES string of the molecule is CCN(C(=O)C(C)NC(=O)c1ccc(Br)s1)C1CCCCC1. The van der Waals surface area contributed by atoms with Crippen molar-refractivity contribution in [3.05, 3.63) is 20.8 Å². The molecule has 1 aromatic heterocycles. The highest BCUT2D eigenvalue weighted by atomic mass is 79.9. The number of halogens is 1. The van der Waals surface area contributed by atoms with E-state index >= 15 is 0 Å². The van der Waals surface area contributed by atoms with Crippen LogP contribution < -0.4 is 5.32 Å². The molecule has 0 spiro atoms. The molecule has 1 aromatic rings. The minimum atomic E-state index is -0.491. The molecule has 6 heteroatoms. The molecule has 0 aliphatic heterocycles. The summed E-state index contributed by atoms with van der Waals surface area (Å²) in [7, 11) is 0. The van der Waals surface area contributed by atoms with E-state index in [9.17, 15) is 9.59 Å². The Morgan fingerprint density at radius 2 is 2.05 bits per heavy atom. The molecule has 0 aromatic carbocycles. The summed E-state index contributed by atoms with van der Waals surface area (Å²) in [4.78, 5) is 27.4. The maximum absolute atomic E-state index is 12.7. The van der Waals surface area contributed by atoms with Gasteiger partial charge in [0, 0.05) is 12.6 Å². The van der Waals surface area contributed by atoms with Gasteiger partial charge in [-0.3, -0.25) is 9.59 Å². The maximum Gasteiger partial charge on any atom is 0.262 e. The lowest BCUT2D eigenvalue weighted by molar-refractivity contribution is -0.135.